The summed E-state index contributed by atoms with van der Waals surface area (Å²) < 4.78 is 0. The number of nitrogens with zero attached hydrogens (tertiary/aromatic N) is 1. The minimum absolute atomic E-state index is 0.308. The monoisotopic (exact) mass is 172 g/mol. The highest BCUT2D eigenvalue weighted by Gasteiger charge is 2.17. The smallest absolute Gasteiger partial charge is 0.0446 e. The molecule has 0 aromatic carbocycles. The molecule has 1 aliphatic rings. The Morgan fingerprint density at radius 2 is 2.42 bits per heavy atom. The summed E-state index contributed by atoms with van der Waals surface area (Å²) in [5, 5.41) is 12.3. The maximum atomic E-state index is 8.87. The van der Waals surface area contributed by atoms with Crippen LogP contribution in [0.3, 0.4) is 0 Å². The molecule has 0 aromatic heterocycles. The van der Waals surface area contributed by atoms with Gasteiger partial charge < -0.3 is 10.4 Å². The number of hydrogen-bond donors (Lipinski definition) is 2. The molecule has 3 nitrogen and oxygen atoms in total. The van der Waals surface area contributed by atoms with Crippen LogP contribution in [0.2, 0.25) is 0 Å². The minimum Gasteiger partial charge on any atom is -0.396 e. The van der Waals surface area contributed by atoms with Crippen molar-refractivity contribution in [3.63, 3.8) is 0 Å². The molecule has 1 rings (SSSR count). The molecule has 0 amide bonds. The van der Waals surface area contributed by atoms with Gasteiger partial charge in [0, 0.05) is 19.2 Å². The van der Waals surface area contributed by atoms with Crippen molar-refractivity contribution in [3.05, 3.63) is 0 Å². The summed E-state index contributed by atoms with van der Waals surface area (Å²) in [6.07, 6.45) is 2.14. The average molecular weight is 172 g/mol. The Bertz CT molecular complexity index is 119. The van der Waals surface area contributed by atoms with Gasteiger partial charge in [-0.15, -0.1) is 0 Å². The largest absolute Gasteiger partial charge is 0.396 e. The van der Waals surface area contributed by atoms with Crippen LogP contribution in [0.4, 0.5) is 0 Å². The molecule has 1 unspecified atom stereocenters. The van der Waals surface area contributed by atoms with Gasteiger partial charge in [0.25, 0.3) is 0 Å². The lowest BCUT2D eigenvalue weighted by molar-refractivity contribution is 0.172. The SMILES string of the molecule is CCN1CCCNCC1CCO. The molecule has 1 heterocycles. The Hall–Kier alpha value is -0.120. The molecule has 0 aliphatic carbocycles. The zero-order chi connectivity index (χ0) is 8.81. The molecule has 0 saturated carbocycles. The molecule has 12 heavy (non-hydrogen) atoms. The molecule has 0 spiro atoms. The Kier molecular flexibility index (Phi) is 4.58. The van der Waals surface area contributed by atoms with Crippen molar-refractivity contribution in [2.75, 3.05) is 32.8 Å². The molecule has 1 fully saturated rings. The fourth-order valence-electron chi connectivity index (χ4n) is 1.84. The molecular weight excluding hydrogens is 152 g/mol. The highest BCUT2D eigenvalue weighted by Crippen LogP contribution is 2.06. The van der Waals surface area contributed by atoms with Crippen LogP contribution in [0.25, 0.3) is 0 Å². The average Bonchev–Trinajstić information content (AvgIpc) is 2.30. The lowest BCUT2D eigenvalue weighted by atomic mass is 10.2. The topological polar surface area (TPSA) is 35.5 Å². The van der Waals surface area contributed by atoms with Gasteiger partial charge in [0.05, 0.1) is 0 Å². The van der Waals surface area contributed by atoms with Crippen molar-refractivity contribution in [2.45, 2.75) is 25.8 Å². The van der Waals surface area contributed by atoms with Gasteiger partial charge in [-0.2, -0.15) is 0 Å². The summed E-state index contributed by atoms with van der Waals surface area (Å²) in [5.41, 5.74) is 0. The Balaban J connectivity index is 2.39. The number of hydrogen-bond acceptors (Lipinski definition) is 3. The van der Waals surface area contributed by atoms with Gasteiger partial charge in [-0.3, -0.25) is 4.90 Å². The van der Waals surface area contributed by atoms with E-state index in [1.165, 1.54) is 13.0 Å². The van der Waals surface area contributed by atoms with Gasteiger partial charge in [0.2, 0.25) is 0 Å². The maximum Gasteiger partial charge on any atom is 0.0446 e. The van der Waals surface area contributed by atoms with Gasteiger partial charge in [-0.05, 0) is 32.5 Å². The summed E-state index contributed by atoms with van der Waals surface area (Å²) in [6.45, 7) is 6.94. The van der Waals surface area contributed by atoms with E-state index in [9.17, 15) is 0 Å². The lowest BCUT2D eigenvalue weighted by Gasteiger charge is -2.27. The fraction of sp³-hybridized carbons (Fsp3) is 1.00. The van der Waals surface area contributed by atoms with Crippen LogP contribution in [0.15, 0.2) is 0 Å². The molecular formula is C9H20N2O. The quantitative estimate of drug-likeness (QED) is 0.631. The lowest BCUT2D eigenvalue weighted by Crippen LogP contribution is -2.40. The maximum absolute atomic E-state index is 8.87. The molecule has 0 bridgehead atoms. The van der Waals surface area contributed by atoms with E-state index < -0.39 is 0 Å². The van der Waals surface area contributed by atoms with Crippen molar-refractivity contribution in [3.8, 4) is 0 Å². The van der Waals surface area contributed by atoms with E-state index in [-0.39, 0.29) is 0 Å². The molecule has 0 aromatic rings. The van der Waals surface area contributed by atoms with Gasteiger partial charge in [-0.1, -0.05) is 6.92 Å². The Morgan fingerprint density at radius 1 is 1.58 bits per heavy atom. The van der Waals surface area contributed by atoms with Crippen LogP contribution in [0.5, 0.6) is 0 Å². The standard InChI is InChI=1S/C9H20N2O/c1-2-11-6-3-5-10-8-9(11)4-7-12/h9-10,12H,2-8H2,1H3. The predicted molar refractivity (Wildman–Crippen MR) is 50.2 cm³/mol. The first-order valence-electron chi connectivity index (χ1n) is 4.94. The molecule has 1 aliphatic heterocycles. The van der Waals surface area contributed by atoms with E-state index in [2.05, 4.69) is 17.1 Å². The van der Waals surface area contributed by atoms with Crippen LogP contribution >= 0.6 is 0 Å². The van der Waals surface area contributed by atoms with Gasteiger partial charge in [0.1, 0.15) is 0 Å². The Labute approximate surface area is 74.8 Å². The summed E-state index contributed by atoms with van der Waals surface area (Å²) in [4.78, 5) is 2.45. The van der Waals surface area contributed by atoms with Crippen LogP contribution in [-0.4, -0.2) is 48.8 Å². The van der Waals surface area contributed by atoms with Gasteiger partial charge in [0.15, 0.2) is 0 Å². The third-order valence-corrected chi connectivity index (χ3v) is 2.56. The van der Waals surface area contributed by atoms with Crippen LogP contribution in [-0.2, 0) is 0 Å². The minimum atomic E-state index is 0.308. The third kappa shape index (κ3) is 2.73. The summed E-state index contributed by atoms with van der Waals surface area (Å²) in [6, 6.07) is 0.544. The van der Waals surface area contributed by atoms with E-state index >= 15 is 0 Å². The molecule has 72 valence electrons. The number of rotatable bonds is 3. The first-order chi connectivity index (χ1) is 5.88. The second-order valence-electron chi connectivity index (χ2n) is 3.35. The molecule has 0 radical (unpaired) electrons. The zero-order valence-electron chi connectivity index (χ0n) is 7.92. The predicted octanol–water partition coefficient (Wildman–Crippen LogP) is 0.0526. The summed E-state index contributed by atoms with van der Waals surface area (Å²) in [5.74, 6) is 0. The molecule has 3 heteroatoms. The van der Waals surface area contributed by atoms with Crippen molar-refractivity contribution < 1.29 is 5.11 Å². The van der Waals surface area contributed by atoms with Crippen LogP contribution in [0.1, 0.15) is 19.8 Å². The van der Waals surface area contributed by atoms with E-state index in [1.54, 1.807) is 0 Å². The van der Waals surface area contributed by atoms with Crippen molar-refractivity contribution in [1.82, 2.24) is 10.2 Å². The molecule has 2 N–H and O–H groups in total. The van der Waals surface area contributed by atoms with Crippen molar-refractivity contribution in [1.29, 1.82) is 0 Å². The van der Waals surface area contributed by atoms with Gasteiger partial charge in [-0.25, -0.2) is 0 Å². The van der Waals surface area contributed by atoms with Gasteiger partial charge >= 0.3 is 0 Å². The first-order valence-corrected chi connectivity index (χ1v) is 4.94. The van der Waals surface area contributed by atoms with E-state index in [0.717, 1.165) is 26.1 Å². The second kappa shape index (κ2) is 5.51. The van der Waals surface area contributed by atoms with E-state index in [4.69, 9.17) is 5.11 Å². The van der Waals surface area contributed by atoms with E-state index in [1.807, 2.05) is 0 Å². The molecule has 1 saturated heterocycles. The summed E-state index contributed by atoms with van der Waals surface area (Å²) in [7, 11) is 0. The number of nitrogens with one attached hydrogen (secondary N) is 1. The van der Waals surface area contributed by atoms with Crippen molar-refractivity contribution in [2.24, 2.45) is 0 Å². The van der Waals surface area contributed by atoms with Crippen molar-refractivity contribution >= 4 is 0 Å². The van der Waals surface area contributed by atoms with Crippen LogP contribution in [0, 0.1) is 0 Å². The molecule has 1 atom stereocenters. The number of aliphatic hydroxyl groups excluding tert-OH is 1. The van der Waals surface area contributed by atoms with E-state index in [0.29, 0.717) is 12.6 Å². The van der Waals surface area contributed by atoms with Crippen LogP contribution < -0.4 is 5.32 Å². The highest BCUT2D eigenvalue weighted by molar-refractivity contribution is 4.76. The Morgan fingerprint density at radius 3 is 3.08 bits per heavy atom. The number of likely N-dealkylation sites (N-methyl/N-ethyl adjacent to an activating group) is 1. The normalized spacial score (nSPS) is 27.0. The second-order valence-corrected chi connectivity index (χ2v) is 3.35. The highest BCUT2D eigenvalue weighted by atomic mass is 16.3. The number of aliphatic hydroxyl groups is 1. The first kappa shape index (κ1) is 9.96. The fourth-order valence-corrected chi connectivity index (χ4v) is 1.84. The zero-order valence-corrected chi connectivity index (χ0v) is 7.92. The third-order valence-electron chi connectivity index (χ3n) is 2.56. The summed E-state index contributed by atoms with van der Waals surface area (Å²) >= 11 is 0.